The Kier molecular flexibility index (Phi) is 4.10. The standard InChI is InChI=1S/C15H15ClN4O/c16-14-6-2-5-13(19-14)15(21)20(10-11-3-1-4-11)12-7-8-17-18-9-12/h2,5-9,11H,1,3-4,10H2. The van der Waals surface area contributed by atoms with E-state index in [4.69, 9.17) is 11.6 Å². The molecule has 0 N–H and O–H groups in total. The normalized spacial score (nSPS) is 14.5. The van der Waals surface area contributed by atoms with Crippen molar-refractivity contribution in [3.05, 3.63) is 47.5 Å². The van der Waals surface area contributed by atoms with Gasteiger partial charge in [-0.1, -0.05) is 24.1 Å². The van der Waals surface area contributed by atoms with E-state index in [0.717, 1.165) is 18.5 Å². The van der Waals surface area contributed by atoms with Crippen molar-refractivity contribution >= 4 is 23.2 Å². The van der Waals surface area contributed by atoms with E-state index in [1.807, 2.05) is 0 Å². The second-order valence-corrected chi connectivity index (χ2v) is 5.55. The lowest BCUT2D eigenvalue weighted by molar-refractivity contribution is 0.0972. The summed E-state index contributed by atoms with van der Waals surface area (Å²) in [4.78, 5) is 18.6. The van der Waals surface area contributed by atoms with Crippen molar-refractivity contribution in [3.8, 4) is 0 Å². The zero-order chi connectivity index (χ0) is 14.7. The van der Waals surface area contributed by atoms with E-state index in [-0.39, 0.29) is 5.91 Å². The van der Waals surface area contributed by atoms with E-state index < -0.39 is 0 Å². The summed E-state index contributed by atoms with van der Waals surface area (Å²) in [5.74, 6) is 0.388. The summed E-state index contributed by atoms with van der Waals surface area (Å²) in [6, 6.07) is 6.85. The van der Waals surface area contributed by atoms with Crippen LogP contribution in [0.15, 0.2) is 36.7 Å². The summed E-state index contributed by atoms with van der Waals surface area (Å²) >= 11 is 5.88. The van der Waals surface area contributed by atoms with Gasteiger partial charge in [0.15, 0.2) is 0 Å². The van der Waals surface area contributed by atoms with Gasteiger partial charge in [0.25, 0.3) is 5.91 Å². The Bertz CT molecular complexity index is 631. The summed E-state index contributed by atoms with van der Waals surface area (Å²) < 4.78 is 0. The van der Waals surface area contributed by atoms with Crippen molar-refractivity contribution in [1.82, 2.24) is 15.2 Å². The van der Waals surface area contributed by atoms with Crippen molar-refractivity contribution < 1.29 is 4.79 Å². The molecular formula is C15H15ClN4O. The van der Waals surface area contributed by atoms with Gasteiger partial charge in [0.1, 0.15) is 10.8 Å². The van der Waals surface area contributed by atoms with Crippen LogP contribution in [0, 0.1) is 5.92 Å². The van der Waals surface area contributed by atoms with Gasteiger partial charge in [0.05, 0.1) is 18.1 Å². The van der Waals surface area contributed by atoms with Crippen molar-refractivity contribution in [2.75, 3.05) is 11.4 Å². The van der Waals surface area contributed by atoms with Gasteiger partial charge < -0.3 is 4.90 Å². The predicted octanol–water partition coefficient (Wildman–Crippen LogP) is 2.97. The number of carbonyl (C=O) groups is 1. The minimum absolute atomic E-state index is 0.155. The zero-order valence-electron chi connectivity index (χ0n) is 11.4. The zero-order valence-corrected chi connectivity index (χ0v) is 12.2. The molecule has 1 saturated carbocycles. The molecule has 0 spiro atoms. The molecule has 1 fully saturated rings. The van der Waals surface area contributed by atoms with Crippen molar-refractivity contribution in [3.63, 3.8) is 0 Å². The maximum Gasteiger partial charge on any atom is 0.276 e. The Morgan fingerprint density at radius 3 is 2.76 bits per heavy atom. The molecule has 0 aromatic carbocycles. The van der Waals surface area contributed by atoms with Gasteiger partial charge in [0.2, 0.25) is 0 Å². The third-order valence-corrected chi connectivity index (χ3v) is 3.94. The van der Waals surface area contributed by atoms with E-state index in [1.165, 1.54) is 6.42 Å². The number of nitrogens with zero attached hydrogens (tertiary/aromatic N) is 4. The Balaban J connectivity index is 1.88. The highest BCUT2D eigenvalue weighted by atomic mass is 35.5. The first-order valence-electron chi connectivity index (χ1n) is 6.95. The van der Waals surface area contributed by atoms with Gasteiger partial charge >= 0.3 is 0 Å². The molecule has 5 nitrogen and oxygen atoms in total. The van der Waals surface area contributed by atoms with Crippen LogP contribution in [0.25, 0.3) is 0 Å². The average Bonchev–Trinajstić information content (AvgIpc) is 2.46. The van der Waals surface area contributed by atoms with Crippen molar-refractivity contribution in [2.24, 2.45) is 5.92 Å². The minimum Gasteiger partial charge on any atom is -0.305 e. The number of halogens is 1. The molecule has 6 heteroatoms. The number of aromatic nitrogens is 3. The van der Waals surface area contributed by atoms with Gasteiger partial charge in [-0.3, -0.25) is 4.79 Å². The first-order valence-corrected chi connectivity index (χ1v) is 7.33. The Morgan fingerprint density at radius 2 is 2.14 bits per heavy atom. The van der Waals surface area contributed by atoms with Crippen LogP contribution in [-0.4, -0.2) is 27.6 Å². The number of hydrogen-bond donors (Lipinski definition) is 0. The Morgan fingerprint density at radius 1 is 1.29 bits per heavy atom. The minimum atomic E-state index is -0.155. The fourth-order valence-electron chi connectivity index (χ4n) is 2.35. The predicted molar refractivity (Wildman–Crippen MR) is 80.3 cm³/mol. The van der Waals surface area contributed by atoms with Gasteiger partial charge in [-0.05, 0) is 37.0 Å². The summed E-state index contributed by atoms with van der Waals surface area (Å²) in [5.41, 5.74) is 1.09. The van der Waals surface area contributed by atoms with Crippen molar-refractivity contribution in [2.45, 2.75) is 19.3 Å². The summed E-state index contributed by atoms with van der Waals surface area (Å²) in [7, 11) is 0. The lowest BCUT2D eigenvalue weighted by Crippen LogP contribution is -2.38. The summed E-state index contributed by atoms with van der Waals surface area (Å²) in [6.07, 6.45) is 6.73. The first kappa shape index (κ1) is 13.9. The lowest BCUT2D eigenvalue weighted by atomic mass is 9.85. The topological polar surface area (TPSA) is 59.0 Å². The maximum absolute atomic E-state index is 12.7. The fraction of sp³-hybridized carbons (Fsp3) is 0.333. The van der Waals surface area contributed by atoms with Crippen LogP contribution in [0.4, 0.5) is 5.69 Å². The van der Waals surface area contributed by atoms with Crippen LogP contribution < -0.4 is 4.90 Å². The molecule has 2 heterocycles. The van der Waals surface area contributed by atoms with Gasteiger partial charge in [-0.2, -0.15) is 10.2 Å². The van der Waals surface area contributed by atoms with E-state index >= 15 is 0 Å². The van der Waals surface area contributed by atoms with Gasteiger partial charge in [-0.25, -0.2) is 4.98 Å². The van der Waals surface area contributed by atoms with Gasteiger partial charge in [0, 0.05) is 6.54 Å². The largest absolute Gasteiger partial charge is 0.305 e. The first-order chi connectivity index (χ1) is 10.2. The smallest absolute Gasteiger partial charge is 0.276 e. The number of amides is 1. The highest BCUT2D eigenvalue weighted by Crippen LogP contribution is 2.29. The molecule has 2 aromatic rings. The van der Waals surface area contributed by atoms with Crippen LogP contribution in [0.2, 0.25) is 5.15 Å². The molecule has 1 aliphatic carbocycles. The number of anilines is 1. The quantitative estimate of drug-likeness (QED) is 0.815. The van der Waals surface area contributed by atoms with E-state index in [2.05, 4.69) is 15.2 Å². The maximum atomic E-state index is 12.7. The average molecular weight is 303 g/mol. The molecule has 1 aliphatic rings. The second-order valence-electron chi connectivity index (χ2n) is 5.16. The molecule has 0 saturated heterocycles. The van der Waals surface area contributed by atoms with Crippen LogP contribution >= 0.6 is 11.6 Å². The number of rotatable bonds is 4. The molecular weight excluding hydrogens is 288 g/mol. The third-order valence-electron chi connectivity index (χ3n) is 3.73. The Hall–Kier alpha value is -2.01. The monoisotopic (exact) mass is 302 g/mol. The summed E-state index contributed by atoms with van der Waals surface area (Å²) in [5, 5.41) is 7.94. The lowest BCUT2D eigenvalue weighted by Gasteiger charge is -2.32. The SMILES string of the molecule is O=C(c1cccc(Cl)n1)N(CC1CCC1)c1ccnnc1. The molecule has 0 bridgehead atoms. The Labute approximate surface area is 128 Å². The molecule has 0 unspecified atom stereocenters. The van der Waals surface area contributed by atoms with E-state index in [0.29, 0.717) is 23.3 Å². The molecule has 0 atom stereocenters. The van der Waals surface area contributed by atoms with Crippen LogP contribution in [0.1, 0.15) is 29.8 Å². The van der Waals surface area contributed by atoms with Crippen LogP contribution in [0.3, 0.4) is 0 Å². The highest BCUT2D eigenvalue weighted by molar-refractivity contribution is 6.29. The number of carbonyl (C=O) groups excluding carboxylic acids is 1. The number of hydrogen-bond acceptors (Lipinski definition) is 4. The molecule has 0 radical (unpaired) electrons. The fourth-order valence-corrected chi connectivity index (χ4v) is 2.51. The third kappa shape index (κ3) is 3.19. The second kappa shape index (κ2) is 6.18. The van der Waals surface area contributed by atoms with Gasteiger partial charge in [-0.15, -0.1) is 0 Å². The molecule has 0 aliphatic heterocycles. The molecule has 21 heavy (non-hydrogen) atoms. The number of pyridine rings is 1. The summed E-state index contributed by atoms with van der Waals surface area (Å²) in [6.45, 7) is 0.679. The molecule has 3 rings (SSSR count). The van der Waals surface area contributed by atoms with E-state index in [1.54, 1.807) is 41.6 Å². The highest BCUT2D eigenvalue weighted by Gasteiger charge is 2.26. The molecule has 2 aromatic heterocycles. The van der Waals surface area contributed by atoms with Crippen LogP contribution in [-0.2, 0) is 0 Å². The molecule has 1 amide bonds. The van der Waals surface area contributed by atoms with Crippen LogP contribution in [0.5, 0.6) is 0 Å². The van der Waals surface area contributed by atoms with E-state index in [9.17, 15) is 4.79 Å². The van der Waals surface area contributed by atoms with Crippen molar-refractivity contribution in [1.29, 1.82) is 0 Å². The molecule has 108 valence electrons.